The molecule has 2 aromatic heterocycles. The third kappa shape index (κ3) is 2.99. The van der Waals surface area contributed by atoms with Gasteiger partial charge < -0.3 is 9.30 Å². The fourth-order valence-corrected chi connectivity index (χ4v) is 5.52. The topological polar surface area (TPSA) is 64.4 Å². The van der Waals surface area contributed by atoms with Crippen LogP contribution in [0.4, 0.5) is 0 Å². The van der Waals surface area contributed by atoms with Gasteiger partial charge in [0.05, 0.1) is 6.61 Å². The molecule has 1 aliphatic heterocycles. The number of sulfonamides is 1. The number of morpholine rings is 1. The minimum atomic E-state index is -3.61. The molecule has 1 aliphatic rings. The van der Waals surface area contributed by atoms with Gasteiger partial charge in [0.2, 0.25) is 0 Å². The quantitative estimate of drug-likeness (QED) is 0.704. The monoisotopic (exact) mass is 377 g/mol. The van der Waals surface area contributed by atoms with Crippen molar-refractivity contribution in [1.82, 2.24) is 13.9 Å². The van der Waals surface area contributed by atoms with Crippen molar-refractivity contribution in [3.8, 4) is 0 Å². The predicted octanol–water partition coefficient (Wildman–Crippen LogP) is 2.71. The molecule has 0 radical (unpaired) electrons. The normalized spacial score (nSPS) is 19.5. The SMILES string of the molecule is Cc1nc(S(=O)(=O)N2CCOC(c3cc4ccccc4s3)C2)cn1C. The van der Waals surface area contributed by atoms with Crippen LogP contribution in [0.15, 0.2) is 41.6 Å². The van der Waals surface area contributed by atoms with E-state index in [2.05, 4.69) is 23.2 Å². The number of aromatic nitrogens is 2. The Morgan fingerprint density at radius 3 is 2.84 bits per heavy atom. The number of hydrogen-bond donors (Lipinski definition) is 0. The van der Waals surface area contributed by atoms with Crippen LogP contribution in [0.1, 0.15) is 16.8 Å². The van der Waals surface area contributed by atoms with Crippen LogP contribution in [0.25, 0.3) is 10.1 Å². The van der Waals surface area contributed by atoms with Crippen molar-refractivity contribution in [2.45, 2.75) is 18.1 Å². The maximum absolute atomic E-state index is 12.9. The van der Waals surface area contributed by atoms with Gasteiger partial charge in [-0.3, -0.25) is 0 Å². The summed E-state index contributed by atoms with van der Waals surface area (Å²) >= 11 is 1.65. The highest BCUT2D eigenvalue weighted by atomic mass is 32.2. The molecule has 4 rings (SSSR count). The molecule has 1 saturated heterocycles. The van der Waals surface area contributed by atoms with Gasteiger partial charge in [0.25, 0.3) is 10.0 Å². The van der Waals surface area contributed by atoms with E-state index in [0.29, 0.717) is 25.5 Å². The summed E-state index contributed by atoms with van der Waals surface area (Å²) in [6, 6.07) is 10.2. The summed E-state index contributed by atoms with van der Waals surface area (Å²) in [4.78, 5) is 5.24. The first-order chi connectivity index (χ1) is 11.9. The minimum Gasteiger partial charge on any atom is -0.370 e. The highest BCUT2D eigenvalue weighted by Crippen LogP contribution is 2.34. The number of ether oxygens (including phenoxy) is 1. The molecular formula is C17H19N3O3S2. The van der Waals surface area contributed by atoms with Crippen molar-refractivity contribution in [1.29, 1.82) is 0 Å². The molecule has 132 valence electrons. The summed E-state index contributed by atoms with van der Waals surface area (Å²) in [5.74, 6) is 0.674. The third-order valence-corrected chi connectivity index (χ3v) is 7.43. The highest BCUT2D eigenvalue weighted by molar-refractivity contribution is 7.89. The number of benzene rings is 1. The van der Waals surface area contributed by atoms with Crippen LogP contribution in [-0.4, -0.2) is 42.0 Å². The van der Waals surface area contributed by atoms with Crippen molar-refractivity contribution >= 4 is 31.4 Å². The molecule has 0 aliphatic carbocycles. The van der Waals surface area contributed by atoms with Crippen molar-refractivity contribution < 1.29 is 13.2 Å². The summed E-state index contributed by atoms with van der Waals surface area (Å²) in [5, 5.41) is 1.26. The van der Waals surface area contributed by atoms with Gasteiger partial charge in [-0.15, -0.1) is 11.3 Å². The van der Waals surface area contributed by atoms with Crippen LogP contribution in [0.5, 0.6) is 0 Å². The minimum absolute atomic E-state index is 0.101. The van der Waals surface area contributed by atoms with Crippen LogP contribution in [-0.2, 0) is 21.8 Å². The number of thiophene rings is 1. The summed E-state index contributed by atoms with van der Waals surface area (Å²) in [6.45, 7) is 2.83. The van der Waals surface area contributed by atoms with Gasteiger partial charge in [-0.05, 0) is 24.4 Å². The summed E-state index contributed by atoms with van der Waals surface area (Å²) < 4.78 is 36.0. The van der Waals surface area contributed by atoms with Gasteiger partial charge in [-0.25, -0.2) is 13.4 Å². The molecule has 0 N–H and O–H groups in total. The lowest BCUT2D eigenvalue weighted by molar-refractivity contribution is -0.000529. The van der Waals surface area contributed by atoms with E-state index in [1.54, 1.807) is 36.1 Å². The number of imidazole rings is 1. The Bertz CT molecular complexity index is 970. The van der Waals surface area contributed by atoms with Crippen LogP contribution in [0, 0.1) is 6.92 Å². The number of aryl methyl sites for hydroxylation is 2. The van der Waals surface area contributed by atoms with Crippen LogP contribution < -0.4 is 0 Å². The zero-order valence-corrected chi connectivity index (χ0v) is 15.7. The summed E-state index contributed by atoms with van der Waals surface area (Å²) in [7, 11) is -1.82. The molecule has 1 fully saturated rings. The Hall–Kier alpha value is -1.74. The van der Waals surface area contributed by atoms with Gasteiger partial charge in [0, 0.05) is 35.9 Å². The molecule has 3 aromatic rings. The second-order valence-electron chi connectivity index (χ2n) is 6.15. The Morgan fingerprint density at radius 1 is 1.32 bits per heavy atom. The zero-order valence-electron chi connectivity index (χ0n) is 14.0. The molecule has 0 bridgehead atoms. The Morgan fingerprint density at radius 2 is 2.12 bits per heavy atom. The van der Waals surface area contributed by atoms with E-state index < -0.39 is 10.0 Å². The van der Waals surface area contributed by atoms with Gasteiger partial charge in [-0.1, -0.05) is 18.2 Å². The van der Waals surface area contributed by atoms with Gasteiger partial charge in [0.15, 0.2) is 5.03 Å². The van der Waals surface area contributed by atoms with Crippen molar-refractivity contribution in [2.24, 2.45) is 7.05 Å². The van der Waals surface area contributed by atoms with Gasteiger partial charge in [-0.2, -0.15) is 4.31 Å². The maximum Gasteiger partial charge on any atom is 0.262 e. The average molecular weight is 377 g/mol. The first kappa shape index (κ1) is 16.7. The lowest BCUT2D eigenvalue weighted by atomic mass is 10.2. The second-order valence-corrected chi connectivity index (χ2v) is 9.15. The molecule has 25 heavy (non-hydrogen) atoms. The number of rotatable bonds is 3. The molecule has 0 spiro atoms. The van der Waals surface area contributed by atoms with E-state index in [1.165, 1.54) is 9.01 Å². The molecule has 0 saturated carbocycles. The van der Waals surface area contributed by atoms with E-state index >= 15 is 0 Å². The lowest BCUT2D eigenvalue weighted by Gasteiger charge is -2.31. The average Bonchev–Trinajstić information content (AvgIpc) is 3.19. The van der Waals surface area contributed by atoms with E-state index in [-0.39, 0.29) is 11.1 Å². The fourth-order valence-electron chi connectivity index (χ4n) is 2.96. The lowest BCUT2D eigenvalue weighted by Crippen LogP contribution is -2.42. The fraction of sp³-hybridized carbons (Fsp3) is 0.353. The smallest absolute Gasteiger partial charge is 0.262 e. The first-order valence-electron chi connectivity index (χ1n) is 8.05. The summed E-state index contributed by atoms with van der Waals surface area (Å²) in [6.07, 6.45) is 1.32. The Balaban J connectivity index is 1.62. The van der Waals surface area contributed by atoms with Crippen LogP contribution in [0.2, 0.25) is 0 Å². The summed E-state index contributed by atoms with van der Waals surface area (Å²) in [5.41, 5.74) is 0. The van der Waals surface area contributed by atoms with Crippen LogP contribution >= 0.6 is 11.3 Å². The van der Waals surface area contributed by atoms with Gasteiger partial charge >= 0.3 is 0 Å². The predicted molar refractivity (Wildman–Crippen MR) is 97.2 cm³/mol. The molecular weight excluding hydrogens is 358 g/mol. The van der Waals surface area contributed by atoms with Crippen molar-refractivity contribution in [3.63, 3.8) is 0 Å². The molecule has 3 heterocycles. The first-order valence-corrected chi connectivity index (χ1v) is 10.3. The van der Waals surface area contributed by atoms with Gasteiger partial charge in [0.1, 0.15) is 11.9 Å². The number of fused-ring (bicyclic) bond motifs is 1. The zero-order chi connectivity index (χ0) is 17.6. The molecule has 1 aromatic carbocycles. The van der Waals surface area contributed by atoms with Crippen LogP contribution in [0.3, 0.4) is 0 Å². The number of nitrogens with zero attached hydrogens (tertiary/aromatic N) is 3. The molecule has 0 amide bonds. The number of hydrogen-bond acceptors (Lipinski definition) is 5. The van der Waals surface area contributed by atoms with Crippen molar-refractivity contribution in [2.75, 3.05) is 19.7 Å². The maximum atomic E-state index is 12.9. The second kappa shape index (κ2) is 6.21. The Labute approximate surface area is 150 Å². The third-order valence-electron chi connectivity index (χ3n) is 4.48. The van der Waals surface area contributed by atoms with E-state index in [9.17, 15) is 8.42 Å². The van der Waals surface area contributed by atoms with E-state index in [0.717, 1.165) is 10.3 Å². The molecule has 6 nitrogen and oxygen atoms in total. The molecule has 1 atom stereocenters. The molecule has 8 heteroatoms. The highest BCUT2D eigenvalue weighted by Gasteiger charge is 2.33. The Kier molecular flexibility index (Phi) is 4.15. The standard InChI is InChI=1S/C17H19N3O3S2/c1-12-18-17(11-19(12)2)25(21,22)20-7-8-23-14(10-20)16-9-13-5-3-4-6-15(13)24-16/h3-6,9,11,14H,7-8,10H2,1-2H3. The molecule has 1 unspecified atom stereocenters. The van der Waals surface area contributed by atoms with E-state index in [1.807, 2.05) is 12.1 Å². The van der Waals surface area contributed by atoms with Crippen molar-refractivity contribution in [3.05, 3.63) is 47.2 Å². The largest absolute Gasteiger partial charge is 0.370 e. The van der Waals surface area contributed by atoms with E-state index in [4.69, 9.17) is 4.74 Å².